The minimum Gasteiger partial charge on any atom is -0.481 e. The molecule has 1 aliphatic rings. The van der Waals surface area contributed by atoms with Gasteiger partial charge in [-0.05, 0) is 48.6 Å². The Balaban J connectivity index is 2.23. The minimum atomic E-state index is -0.661. The van der Waals surface area contributed by atoms with Gasteiger partial charge in [-0.2, -0.15) is 0 Å². The van der Waals surface area contributed by atoms with Crippen molar-refractivity contribution >= 4 is 5.97 Å². The molecule has 0 spiro atoms. The van der Waals surface area contributed by atoms with E-state index in [2.05, 4.69) is 18.8 Å². The lowest BCUT2D eigenvalue weighted by Crippen LogP contribution is -2.31. The van der Waals surface area contributed by atoms with Crippen molar-refractivity contribution in [1.82, 2.24) is 4.98 Å². The smallest absolute Gasteiger partial charge is 0.307 e. The summed E-state index contributed by atoms with van der Waals surface area (Å²) in [5.41, 5.74) is 1.08. The van der Waals surface area contributed by atoms with Gasteiger partial charge in [0.15, 0.2) is 0 Å². The van der Waals surface area contributed by atoms with Crippen LogP contribution in [-0.4, -0.2) is 16.1 Å². The Kier molecular flexibility index (Phi) is 4.00. The van der Waals surface area contributed by atoms with Crippen LogP contribution in [0.25, 0.3) is 0 Å². The highest BCUT2D eigenvalue weighted by Crippen LogP contribution is 2.42. The van der Waals surface area contributed by atoms with Gasteiger partial charge in [-0.3, -0.25) is 9.78 Å². The first kappa shape index (κ1) is 13.1. The van der Waals surface area contributed by atoms with E-state index >= 15 is 0 Å². The largest absolute Gasteiger partial charge is 0.481 e. The standard InChI is InChI=1S/C15H21NO2/c1-10(2)11-5-6-13(15(17)18)14(8-11)12-4-3-7-16-9-12/h3-4,7,9-11,13-14H,5-6,8H2,1-2H3,(H,17,18). The normalized spacial score (nSPS) is 28.3. The van der Waals surface area contributed by atoms with E-state index in [0.717, 1.165) is 24.8 Å². The van der Waals surface area contributed by atoms with Crippen molar-refractivity contribution < 1.29 is 9.90 Å². The molecule has 98 valence electrons. The van der Waals surface area contributed by atoms with Crippen LogP contribution in [0.4, 0.5) is 0 Å². The van der Waals surface area contributed by atoms with Crippen LogP contribution in [0.5, 0.6) is 0 Å². The molecule has 1 saturated carbocycles. The molecule has 3 nitrogen and oxygen atoms in total. The molecule has 1 N–H and O–H groups in total. The fourth-order valence-electron chi connectivity index (χ4n) is 3.07. The second-order valence-corrected chi connectivity index (χ2v) is 5.65. The molecule has 1 aliphatic carbocycles. The van der Waals surface area contributed by atoms with E-state index in [4.69, 9.17) is 0 Å². The van der Waals surface area contributed by atoms with Crippen molar-refractivity contribution in [1.29, 1.82) is 0 Å². The number of hydrogen-bond acceptors (Lipinski definition) is 2. The van der Waals surface area contributed by atoms with E-state index in [1.54, 1.807) is 6.20 Å². The third-order valence-corrected chi connectivity index (χ3v) is 4.26. The number of carbonyl (C=O) groups is 1. The van der Waals surface area contributed by atoms with Crippen LogP contribution in [0.15, 0.2) is 24.5 Å². The summed E-state index contributed by atoms with van der Waals surface area (Å²) in [6.45, 7) is 4.46. The SMILES string of the molecule is CC(C)C1CCC(C(=O)O)C(c2cccnc2)C1. The van der Waals surface area contributed by atoms with Gasteiger partial charge in [0.2, 0.25) is 0 Å². The Morgan fingerprint density at radius 1 is 1.44 bits per heavy atom. The number of nitrogens with zero attached hydrogens (tertiary/aromatic N) is 1. The van der Waals surface area contributed by atoms with E-state index in [1.165, 1.54) is 0 Å². The third-order valence-electron chi connectivity index (χ3n) is 4.26. The van der Waals surface area contributed by atoms with E-state index < -0.39 is 5.97 Å². The Bertz CT molecular complexity index is 402. The van der Waals surface area contributed by atoms with Crippen molar-refractivity contribution in [2.75, 3.05) is 0 Å². The van der Waals surface area contributed by atoms with E-state index in [0.29, 0.717) is 11.8 Å². The number of carboxylic acid groups (broad SMARTS) is 1. The van der Waals surface area contributed by atoms with Crippen molar-refractivity contribution in [2.24, 2.45) is 17.8 Å². The van der Waals surface area contributed by atoms with Crippen LogP contribution in [0.3, 0.4) is 0 Å². The molecule has 1 aromatic rings. The number of rotatable bonds is 3. The van der Waals surface area contributed by atoms with Gasteiger partial charge in [0.25, 0.3) is 0 Å². The second kappa shape index (κ2) is 5.51. The van der Waals surface area contributed by atoms with Crippen molar-refractivity contribution in [3.05, 3.63) is 30.1 Å². The summed E-state index contributed by atoms with van der Waals surface area (Å²) in [6, 6.07) is 3.91. The van der Waals surface area contributed by atoms with Gasteiger partial charge < -0.3 is 5.11 Å². The summed E-state index contributed by atoms with van der Waals surface area (Å²) in [7, 11) is 0. The maximum Gasteiger partial charge on any atom is 0.307 e. The molecule has 2 rings (SSSR count). The number of hydrogen-bond donors (Lipinski definition) is 1. The molecule has 1 fully saturated rings. The van der Waals surface area contributed by atoms with Gasteiger partial charge in [-0.15, -0.1) is 0 Å². The lowest BCUT2D eigenvalue weighted by molar-refractivity contribution is -0.144. The van der Waals surface area contributed by atoms with Crippen LogP contribution in [-0.2, 0) is 4.79 Å². The molecule has 0 saturated heterocycles. The summed E-state index contributed by atoms with van der Waals surface area (Å²) in [5.74, 6) is 0.470. The highest BCUT2D eigenvalue weighted by molar-refractivity contribution is 5.71. The van der Waals surface area contributed by atoms with Gasteiger partial charge >= 0.3 is 5.97 Å². The summed E-state index contributed by atoms with van der Waals surface area (Å²) < 4.78 is 0. The van der Waals surface area contributed by atoms with E-state index in [9.17, 15) is 9.90 Å². The average Bonchev–Trinajstić information content (AvgIpc) is 2.39. The first-order valence-electron chi connectivity index (χ1n) is 6.72. The van der Waals surface area contributed by atoms with Crippen molar-refractivity contribution in [3.8, 4) is 0 Å². The molecule has 3 unspecified atom stereocenters. The van der Waals surface area contributed by atoms with Crippen molar-refractivity contribution in [3.63, 3.8) is 0 Å². The molecule has 0 amide bonds. The van der Waals surface area contributed by atoms with Crippen LogP contribution in [0, 0.1) is 17.8 Å². The molecular weight excluding hydrogens is 226 g/mol. The van der Waals surface area contributed by atoms with Gasteiger partial charge in [0, 0.05) is 12.4 Å². The van der Waals surface area contributed by atoms with E-state index in [-0.39, 0.29) is 11.8 Å². The molecule has 1 aromatic heterocycles. The fraction of sp³-hybridized carbons (Fsp3) is 0.600. The Morgan fingerprint density at radius 2 is 2.22 bits per heavy atom. The average molecular weight is 247 g/mol. The summed E-state index contributed by atoms with van der Waals surface area (Å²) in [5, 5.41) is 9.37. The first-order chi connectivity index (χ1) is 8.59. The molecule has 0 radical (unpaired) electrons. The number of aliphatic carboxylic acids is 1. The van der Waals surface area contributed by atoms with Crippen molar-refractivity contribution in [2.45, 2.75) is 39.0 Å². The first-order valence-corrected chi connectivity index (χ1v) is 6.72. The molecule has 0 aromatic carbocycles. The predicted molar refractivity (Wildman–Crippen MR) is 70.3 cm³/mol. The Hall–Kier alpha value is -1.38. The predicted octanol–water partition coefficient (Wildman–Crippen LogP) is 3.32. The van der Waals surface area contributed by atoms with Gasteiger partial charge in [-0.1, -0.05) is 19.9 Å². The second-order valence-electron chi connectivity index (χ2n) is 5.65. The monoisotopic (exact) mass is 247 g/mol. The van der Waals surface area contributed by atoms with Crippen LogP contribution >= 0.6 is 0 Å². The molecule has 0 bridgehead atoms. The lowest BCUT2D eigenvalue weighted by atomic mass is 9.68. The topological polar surface area (TPSA) is 50.2 Å². The summed E-state index contributed by atoms with van der Waals surface area (Å²) in [4.78, 5) is 15.5. The summed E-state index contributed by atoms with van der Waals surface area (Å²) in [6.07, 6.45) is 6.36. The number of carboxylic acids is 1. The third kappa shape index (κ3) is 2.71. The van der Waals surface area contributed by atoms with Gasteiger partial charge in [0.1, 0.15) is 0 Å². The van der Waals surface area contributed by atoms with Crippen LogP contribution in [0.2, 0.25) is 0 Å². The maximum atomic E-state index is 11.4. The van der Waals surface area contributed by atoms with Crippen LogP contribution in [0.1, 0.15) is 44.6 Å². The quantitative estimate of drug-likeness (QED) is 0.891. The molecule has 1 heterocycles. The zero-order valence-corrected chi connectivity index (χ0v) is 11.0. The molecule has 0 aliphatic heterocycles. The zero-order valence-electron chi connectivity index (χ0n) is 11.0. The van der Waals surface area contributed by atoms with Crippen LogP contribution < -0.4 is 0 Å². The number of pyridine rings is 1. The maximum absolute atomic E-state index is 11.4. The highest BCUT2D eigenvalue weighted by atomic mass is 16.4. The Labute approximate surface area is 108 Å². The fourth-order valence-corrected chi connectivity index (χ4v) is 3.07. The van der Waals surface area contributed by atoms with Gasteiger partial charge in [0.05, 0.1) is 5.92 Å². The molecule has 3 heteroatoms. The van der Waals surface area contributed by atoms with E-state index in [1.807, 2.05) is 18.3 Å². The van der Waals surface area contributed by atoms with Gasteiger partial charge in [-0.25, -0.2) is 0 Å². The molecule has 3 atom stereocenters. The molecular formula is C15H21NO2. The zero-order chi connectivity index (χ0) is 13.1. The Morgan fingerprint density at radius 3 is 2.78 bits per heavy atom. The highest BCUT2D eigenvalue weighted by Gasteiger charge is 2.36. The minimum absolute atomic E-state index is 0.123. The lowest BCUT2D eigenvalue weighted by Gasteiger charge is -2.36. The number of aromatic nitrogens is 1. The summed E-state index contributed by atoms with van der Waals surface area (Å²) >= 11 is 0. The molecule has 18 heavy (non-hydrogen) atoms.